The summed E-state index contributed by atoms with van der Waals surface area (Å²) in [4.78, 5) is 53.1. The number of aliphatic hydroxyl groups is 2. The first-order valence-electron chi connectivity index (χ1n) is 12.4. The molecule has 12 nitrogen and oxygen atoms in total. The van der Waals surface area contributed by atoms with Gasteiger partial charge in [-0.05, 0) is 30.5 Å². The average Bonchev–Trinajstić information content (AvgIpc) is 3.32. The molecule has 3 amide bonds. The fraction of sp³-hybridized carbons (Fsp3) is 0.333. The van der Waals surface area contributed by atoms with Crippen LogP contribution in [0.5, 0.6) is 0 Å². The highest BCUT2D eigenvalue weighted by atomic mass is 16.4. The number of amides is 3. The lowest BCUT2D eigenvalue weighted by Gasteiger charge is -2.25. The van der Waals surface area contributed by atoms with Crippen molar-refractivity contribution in [2.45, 2.75) is 50.0 Å². The van der Waals surface area contributed by atoms with Crippen LogP contribution >= 0.6 is 0 Å². The second-order valence-corrected chi connectivity index (χ2v) is 9.23. The monoisotopic (exact) mass is 539 g/mol. The van der Waals surface area contributed by atoms with Crippen molar-refractivity contribution in [3.8, 4) is 0 Å². The van der Waals surface area contributed by atoms with Crippen molar-refractivity contribution >= 4 is 34.6 Å². The van der Waals surface area contributed by atoms with Crippen LogP contribution < -0.4 is 21.7 Å². The van der Waals surface area contributed by atoms with E-state index in [0.29, 0.717) is 5.56 Å². The number of carboxylic acids is 1. The Kier molecular flexibility index (Phi) is 10.1. The second kappa shape index (κ2) is 13.5. The number of aromatic amines is 1. The molecule has 0 aliphatic rings. The van der Waals surface area contributed by atoms with E-state index in [1.54, 1.807) is 36.5 Å². The van der Waals surface area contributed by atoms with Gasteiger partial charge in [-0.2, -0.15) is 0 Å². The predicted molar refractivity (Wildman–Crippen MR) is 142 cm³/mol. The number of rotatable bonds is 13. The number of fused-ring (bicyclic) bond motifs is 1. The maximum absolute atomic E-state index is 12.9. The van der Waals surface area contributed by atoms with E-state index in [4.69, 9.17) is 5.73 Å². The number of carboxylic acid groups (broad SMARTS) is 1. The minimum absolute atomic E-state index is 0.0192. The minimum Gasteiger partial charge on any atom is -0.480 e. The number of H-pyrrole nitrogens is 1. The molecule has 0 aliphatic heterocycles. The second-order valence-electron chi connectivity index (χ2n) is 9.23. The number of aromatic nitrogens is 1. The Morgan fingerprint density at radius 3 is 2.15 bits per heavy atom. The van der Waals surface area contributed by atoms with Gasteiger partial charge in [-0.3, -0.25) is 14.4 Å². The van der Waals surface area contributed by atoms with E-state index in [9.17, 15) is 34.5 Å². The van der Waals surface area contributed by atoms with Gasteiger partial charge in [0.15, 0.2) is 0 Å². The lowest BCUT2D eigenvalue weighted by Crippen LogP contribution is -2.60. The Balaban J connectivity index is 1.61. The van der Waals surface area contributed by atoms with Gasteiger partial charge in [-0.1, -0.05) is 48.5 Å². The smallest absolute Gasteiger partial charge is 0.326 e. The highest BCUT2D eigenvalue weighted by Crippen LogP contribution is 2.18. The maximum Gasteiger partial charge on any atom is 0.326 e. The molecule has 1 heterocycles. The van der Waals surface area contributed by atoms with Gasteiger partial charge < -0.3 is 42.0 Å². The first-order chi connectivity index (χ1) is 18.6. The molecular formula is C27H33N5O7. The highest BCUT2D eigenvalue weighted by Gasteiger charge is 2.32. The summed E-state index contributed by atoms with van der Waals surface area (Å²) in [5.41, 5.74) is 8.41. The number of carbonyl (C=O) groups is 4. The van der Waals surface area contributed by atoms with Crippen LogP contribution in [0.4, 0.5) is 0 Å². The minimum atomic E-state index is -1.53. The van der Waals surface area contributed by atoms with Gasteiger partial charge in [0, 0.05) is 23.5 Å². The van der Waals surface area contributed by atoms with Crippen molar-refractivity contribution in [3.05, 3.63) is 71.9 Å². The SMILES string of the molecule is CC(O)C(NC(=O)C(N)Cc1c[nH]c2ccccc12)C(=O)NC(CO)C(=O)NC(Cc1ccccc1)C(=O)O. The molecule has 0 fully saturated rings. The van der Waals surface area contributed by atoms with Gasteiger partial charge in [-0.15, -0.1) is 0 Å². The topological polar surface area (TPSA) is 207 Å². The molecule has 0 spiro atoms. The van der Waals surface area contributed by atoms with Crippen molar-refractivity contribution < 1.29 is 34.5 Å². The van der Waals surface area contributed by atoms with Crippen molar-refractivity contribution in [3.63, 3.8) is 0 Å². The number of hydrogen-bond acceptors (Lipinski definition) is 7. The summed E-state index contributed by atoms with van der Waals surface area (Å²) in [5, 5.41) is 37.2. The van der Waals surface area contributed by atoms with Crippen molar-refractivity contribution in [1.29, 1.82) is 0 Å². The maximum atomic E-state index is 12.9. The molecular weight excluding hydrogens is 506 g/mol. The number of nitrogens with one attached hydrogen (secondary N) is 4. The normalized spacial score (nSPS) is 15.0. The zero-order valence-electron chi connectivity index (χ0n) is 21.3. The molecule has 0 saturated carbocycles. The molecule has 0 radical (unpaired) electrons. The molecule has 2 aromatic carbocycles. The van der Waals surface area contributed by atoms with Crippen LogP contribution in [0.3, 0.4) is 0 Å². The molecule has 0 bridgehead atoms. The van der Waals surface area contributed by atoms with E-state index in [0.717, 1.165) is 16.5 Å². The van der Waals surface area contributed by atoms with E-state index in [1.807, 2.05) is 24.3 Å². The van der Waals surface area contributed by atoms with Crippen LogP contribution in [0.25, 0.3) is 10.9 Å². The van der Waals surface area contributed by atoms with Crippen LogP contribution in [-0.4, -0.2) is 80.9 Å². The Morgan fingerprint density at radius 1 is 0.872 bits per heavy atom. The summed E-state index contributed by atoms with van der Waals surface area (Å²) >= 11 is 0. The van der Waals surface area contributed by atoms with Crippen LogP contribution in [0.2, 0.25) is 0 Å². The molecule has 5 atom stereocenters. The Bertz CT molecular complexity index is 1290. The van der Waals surface area contributed by atoms with Crippen molar-refractivity contribution in [2.75, 3.05) is 6.61 Å². The summed E-state index contributed by atoms with van der Waals surface area (Å²) < 4.78 is 0. The lowest BCUT2D eigenvalue weighted by molar-refractivity contribution is -0.142. The van der Waals surface area contributed by atoms with Crippen LogP contribution in [0.15, 0.2) is 60.8 Å². The average molecular weight is 540 g/mol. The molecule has 5 unspecified atom stereocenters. The third-order valence-corrected chi connectivity index (χ3v) is 6.23. The molecule has 39 heavy (non-hydrogen) atoms. The van der Waals surface area contributed by atoms with E-state index in [1.165, 1.54) is 6.92 Å². The molecule has 208 valence electrons. The van der Waals surface area contributed by atoms with Gasteiger partial charge in [-0.25, -0.2) is 4.79 Å². The molecule has 0 saturated heterocycles. The number of nitrogens with two attached hydrogens (primary N) is 1. The number of benzene rings is 2. The van der Waals surface area contributed by atoms with Crippen molar-refractivity contribution in [2.24, 2.45) is 5.73 Å². The highest BCUT2D eigenvalue weighted by molar-refractivity contribution is 5.94. The van der Waals surface area contributed by atoms with Crippen molar-refractivity contribution in [1.82, 2.24) is 20.9 Å². The summed E-state index contributed by atoms with van der Waals surface area (Å²) in [6.07, 6.45) is 0.503. The quantitative estimate of drug-likeness (QED) is 0.137. The first-order valence-corrected chi connectivity index (χ1v) is 12.4. The largest absolute Gasteiger partial charge is 0.480 e. The number of para-hydroxylation sites is 1. The summed E-state index contributed by atoms with van der Waals surface area (Å²) in [7, 11) is 0. The number of carbonyl (C=O) groups excluding carboxylic acids is 3. The molecule has 3 rings (SSSR count). The summed E-state index contributed by atoms with van der Waals surface area (Å²) in [6.45, 7) is 0.417. The van der Waals surface area contributed by atoms with Gasteiger partial charge >= 0.3 is 5.97 Å². The third-order valence-electron chi connectivity index (χ3n) is 6.23. The summed E-state index contributed by atoms with van der Waals surface area (Å²) in [5.74, 6) is -3.91. The van der Waals surface area contributed by atoms with E-state index in [2.05, 4.69) is 20.9 Å². The summed E-state index contributed by atoms with van der Waals surface area (Å²) in [6, 6.07) is 10.7. The zero-order chi connectivity index (χ0) is 28.5. The Hall–Kier alpha value is -4.26. The Morgan fingerprint density at radius 2 is 1.51 bits per heavy atom. The van der Waals surface area contributed by atoms with Gasteiger partial charge in [0.1, 0.15) is 18.1 Å². The van der Waals surface area contributed by atoms with Crippen LogP contribution in [0.1, 0.15) is 18.1 Å². The zero-order valence-corrected chi connectivity index (χ0v) is 21.3. The number of aliphatic carboxylic acids is 1. The van der Waals surface area contributed by atoms with E-state index in [-0.39, 0.29) is 12.8 Å². The van der Waals surface area contributed by atoms with E-state index >= 15 is 0 Å². The number of hydrogen-bond donors (Lipinski definition) is 8. The first kappa shape index (κ1) is 29.3. The molecule has 9 N–H and O–H groups in total. The number of aliphatic hydroxyl groups excluding tert-OH is 2. The van der Waals surface area contributed by atoms with Crippen LogP contribution in [-0.2, 0) is 32.0 Å². The predicted octanol–water partition coefficient (Wildman–Crippen LogP) is -0.807. The third kappa shape index (κ3) is 7.87. The van der Waals surface area contributed by atoms with Gasteiger partial charge in [0.05, 0.1) is 18.8 Å². The molecule has 3 aromatic rings. The standard InChI is InChI=1S/C27H33N5O7/c1-15(34)23(32-24(35)19(28)12-17-13-29-20-10-6-5-9-18(17)20)26(37)31-22(14-33)25(36)30-21(27(38)39)11-16-7-3-2-4-8-16/h2-10,13,15,19,21-23,29,33-34H,11-12,14,28H2,1H3,(H,30,36)(H,31,37)(H,32,35)(H,38,39). The van der Waals surface area contributed by atoms with Gasteiger partial charge in [0.2, 0.25) is 17.7 Å². The molecule has 0 aliphatic carbocycles. The van der Waals surface area contributed by atoms with Gasteiger partial charge in [0.25, 0.3) is 0 Å². The fourth-order valence-electron chi connectivity index (χ4n) is 4.07. The van der Waals surface area contributed by atoms with E-state index < -0.39 is 60.6 Å². The fourth-order valence-corrected chi connectivity index (χ4v) is 4.07. The van der Waals surface area contributed by atoms with Crippen LogP contribution in [0, 0.1) is 0 Å². The molecule has 12 heteroatoms. The Labute approximate surface area is 224 Å². The molecule has 1 aromatic heterocycles. The lowest BCUT2D eigenvalue weighted by atomic mass is 10.0.